The number of nitrogens with two attached hydrogens (primary N) is 1. The second-order valence-electron chi connectivity index (χ2n) is 5.30. The first-order valence-electron chi connectivity index (χ1n) is 7.30. The molecule has 7 heteroatoms. The molecule has 4 aromatic rings. The van der Waals surface area contributed by atoms with E-state index in [1.54, 1.807) is 7.11 Å². The van der Waals surface area contributed by atoms with Crippen molar-refractivity contribution in [3.8, 4) is 5.75 Å². The highest BCUT2D eigenvalue weighted by molar-refractivity contribution is 6.38. The summed E-state index contributed by atoms with van der Waals surface area (Å²) in [5, 5.41) is 5.56. The predicted octanol–water partition coefficient (Wildman–Crippen LogP) is 4.10. The van der Waals surface area contributed by atoms with Crippen molar-refractivity contribution in [2.24, 2.45) is 0 Å². The summed E-state index contributed by atoms with van der Waals surface area (Å²) in [7, 11) is 1.62. The van der Waals surface area contributed by atoms with Crippen LogP contribution < -0.4 is 15.8 Å². The second kappa shape index (κ2) is 5.58. The van der Waals surface area contributed by atoms with Gasteiger partial charge in [-0.3, -0.25) is 0 Å². The molecule has 0 aliphatic heterocycles. The molecule has 6 nitrogen and oxygen atoms in total. The minimum absolute atomic E-state index is 0.176. The number of nitrogens with one attached hydrogen (secondary N) is 2. The van der Waals surface area contributed by atoms with Gasteiger partial charge >= 0.3 is 0 Å². The molecule has 0 aliphatic carbocycles. The number of nitrogens with zero attached hydrogens (tertiary/aromatic N) is 2. The summed E-state index contributed by atoms with van der Waals surface area (Å²) in [6, 6.07) is 13.2. The Hall–Kier alpha value is -2.99. The van der Waals surface area contributed by atoms with Crippen molar-refractivity contribution in [2.45, 2.75) is 0 Å². The van der Waals surface area contributed by atoms with Gasteiger partial charge < -0.3 is 20.8 Å². The first-order chi connectivity index (χ1) is 11.7. The molecule has 0 radical (unpaired) electrons. The monoisotopic (exact) mass is 339 g/mol. The van der Waals surface area contributed by atoms with Gasteiger partial charge in [-0.2, -0.15) is 9.97 Å². The van der Waals surface area contributed by atoms with Crippen molar-refractivity contribution in [1.29, 1.82) is 0 Å². The summed E-state index contributed by atoms with van der Waals surface area (Å²) >= 11 is 6.39. The van der Waals surface area contributed by atoms with Gasteiger partial charge in [0.05, 0.1) is 17.5 Å². The van der Waals surface area contributed by atoms with Crippen LogP contribution in [0.3, 0.4) is 0 Å². The standard InChI is InChI=1S/C17H14ClN5O/c1-24-10-5-2-4-9(8-10)20-15-14-13-11(18)6-3-7-12(13)21-16(14)23-17(19)22-15/h2-8H,1H3,(H4,19,20,21,22,23). The van der Waals surface area contributed by atoms with E-state index in [2.05, 4.69) is 20.3 Å². The Kier molecular flexibility index (Phi) is 3.39. The van der Waals surface area contributed by atoms with Gasteiger partial charge in [0, 0.05) is 22.7 Å². The summed E-state index contributed by atoms with van der Waals surface area (Å²) in [6.45, 7) is 0. The third kappa shape index (κ3) is 2.37. The van der Waals surface area contributed by atoms with Crippen molar-refractivity contribution in [3.05, 3.63) is 47.5 Å². The fourth-order valence-corrected chi connectivity index (χ4v) is 3.01. The number of aromatic amines is 1. The number of nitrogen functional groups attached to an aromatic ring is 1. The molecule has 0 saturated carbocycles. The lowest BCUT2D eigenvalue weighted by Gasteiger charge is -2.09. The molecule has 0 bridgehead atoms. The molecule has 0 atom stereocenters. The van der Waals surface area contributed by atoms with E-state index in [1.165, 1.54) is 0 Å². The number of hydrogen-bond donors (Lipinski definition) is 3. The highest BCUT2D eigenvalue weighted by Gasteiger charge is 2.15. The molecule has 0 saturated heterocycles. The first-order valence-corrected chi connectivity index (χ1v) is 7.68. The molecule has 4 N–H and O–H groups in total. The number of rotatable bonds is 3. The van der Waals surface area contributed by atoms with E-state index in [4.69, 9.17) is 22.1 Å². The van der Waals surface area contributed by atoms with Crippen molar-refractivity contribution in [2.75, 3.05) is 18.2 Å². The third-order valence-electron chi connectivity index (χ3n) is 3.78. The van der Waals surface area contributed by atoms with Crippen LogP contribution in [0.5, 0.6) is 5.75 Å². The van der Waals surface area contributed by atoms with Gasteiger partial charge in [-0.25, -0.2) is 0 Å². The molecule has 0 unspecified atom stereocenters. The predicted molar refractivity (Wildman–Crippen MR) is 97.1 cm³/mol. The van der Waals surface area contributed by atoms with E-state index in [0.29, 0.717) is 16.5 Å². The molecule has 0 spiro atoms. The summed E-state index contributed by atoms with van der Waals surface area (Å²) in [5.41, 5.74) is 8.20. The van der Waals surface area contributed by atoms with Crippen LogP contribution in [0.2, 0.25) is 5.02 Å². The molecule has 2 heterocycles. The Morgan fingerprint density at radius 3 is 2.79 bits per heavy atom. The van der Waals surface area contributed by atoms with Gasteiger partial charge in [-0.1, -0.05) is 23.7 Å². The van der Waals surface area contributed by atoms with Crippen molar-refractivity contribution in [1.82, 2.24) is 15.0 Å². The highest BCUT2D eigenvalue weighted by Crippen LogP contribution is 2.36. The Bertz CT molecular complexity index is 1060. The Balaban J connectivity index is 1.95. The molecule has 2 aromatic heterocycles. The zero-order chi connectivity index (χ0) is 16.7. The second-order valence-corrected chi connectivity index (χ2v) is 5.71. The van der Waals surface area contributed by atoms with E-state index >= 15 is 0 Å². The van der Waals surface area contributed by atoms with E-state index in [0.717, 1.165) is 27.7 Å². The fourth-order valence-electron chi connectivity index (χ4n) is 2.74. The molecule has 0 fully saturated rings. The average Bonchev–Trinajstić information content (AvgIpc) is 2.94. The number of H-pyrrole nitrogens is 1. The van der Waals surface area contributed by atoms with Gasteiger partial charge in [0.1, 0.15) is 17.2 Å². The summed E-state index contributed by atoms with van der Waals surface area (Å²) in [6.07, 6.45) is 0. The first kappa shape index (κ1) is 14.6. The minimum atomic E-state index is 0.176. The zero-order valence-corrected chi connectivity index (χ0v) is 13.6. The highest BCUT2D eigenvalue weighted by atomic mass is 35.5. The number of methoxy groups -OCH3 is 1. The summed E-state index contributed by atoms with van der Waals surface area (Å²) in [5.74, 6) is 1.51. The number of benzene rings is 2. The lowest BCUT2D eigenvalue weighted by atomic mass is 10.2. The number of fused-ring (bicyclic) bond motifs is 3. The van der Waals surface area contributed by atoms with Gasteiger partial charge in [0.25, 0.3) is 0 Å². The van der Waals surface area contributed by atoms with Crippen LogP contribution in [0.1, 0.15) is 0 Å². The molecule has 120 valence electrons. The van der Waals surface area contributed by atoms with E-state index in [1.807, 2.05) is 42.5 Å². The molecular weight excluding hydrogens is 326 g/mol. The maximum absolute atomic E-state index is 6.39. The number of halogens is 1. The van der Waals surface area contributed by atoms with Crippen LogP contribution in [0.4, 0.5) is 17.5 Å². The Morgan fingerprint density at radius 1 is 1.12 bits per heavy atom. The maximum atomic E-state index is 6.39. The van der Waals surface area contributed by atoms with Crippen LogP contribution in [0, 0.1) is 0 Å². The Morgan fingerprint density at radius 2 is 1.96 bits per heavy atom. The smallest absolute Gasteiger partial charge is 0.224 e. The lowest BCUT2D eigenvalue weighted by molar-refractivity contribution is 0.415. The molecule has 24 heavy (non-hydrogen) atoms. The largest absolute Gasteiger partial charge is 0.497 e. The van der Waals surface area contributed by atoms with E-state index in [9.17, 15) is 0 Å². The van der Waals surface area contributed by atoms with Crippen molar-refractivity contribution in [3.63, 3.8) is 0 Å². The van der Waals surface area contributed by atoms with E-state index < -0.39 is 0 Å². The topological polar surface area (TPSA) is 88.8 Å². The Labute approximate surface area is 142 Å². The maximum Gasteiger partial charge on any atom is 0.224 e. The lowest BCUT2D eigenvalue weighted by Crippen LogP contribution is -2.01. The van der Waals surface area contributed by atoms with Crippen LogP contribution in [0.15, 0.2) is 42.5 Å². The van der Waals surface area contributed by atoms with E-state index in [-0.39, 0.29) is 5.95 Å². The van der Waals surface area contributed by atoms with Crippen molar-refractivity contribution >= 4 is 51.0 Å². The van der Waals surface area contributed by atoms with Gasteiger partial charge in [-0.05, 0) is 24.3 Å². The van der Waals surface area contributed by atoms with Gasteiger partial charge in [-0.15, -0.1) is 0 Å². The van der Waals surface area contributed by atoms with Crippen LogP contribution in [-0.2, 0) is 0 Å². The fraction of sp³-hybridized carbons (Fsp3) is 0.0588. The molecule has 0 aliphatic rings. The van der Waals surface area contributed by atoms with Gasteiger partial charge in [0.2, 0.25) is 5.95 Å². The average molecular weight is 340 g/mol. The molecule has 4 rings (SSSR count). The van der Waals surface area contributed by atoms with Crippen LogP contribution in [-0.4, -0.2) is 22.1 Å². The van der Waals surface area contributed by atoms with Gasteiger partial charge in [0.15, 0.2) is 0 Å². The number of hydrogen-bond acceptors (Lipinski definition) is 5. The van der Waals surface area contributed by atoms with Crippen LogP contribution in [0.25, 0.3) is 21.9 Å². The number of aromatic nitrogens is 3. The normalized spacial score (nSPS) is 11.1. The molecule has 2 aromatic carbocycles. The molecule has 0 amide bonds. The minimum Gasteiger partial charge on any atom is -0.497 e. The third-order valence-corrected chi connectivity index (χ3v) is 4.09. The summed E-state index contributed by atoms with van der Waals surface area (Å²) < 4.78 is 5.25. The van der Waals surface area contributed by atoms with Crippen LogP contribution >= 0.6 is 11.6 Å². The number of ether oxygens (including phenoxy) is 1. The SMILES string of the molecule is COc1cccc(Nc2nc(N)nc3[nH]c4cccc(Cl)c4c23)c1. The summed E-state index contributed by atoms with van der Waals surface area (Å²) in [4.78, 5) is 11.9. The van der Waals surface area contributed by atoms with Crippen molar-refractivity contribution < 1.29 is 4.74 Å². The number of anilines is 3. The zero-order valence-electron chi connectivity index (χ0n) is 12.8. The molecular formula is C17H14ClN5O. The quantitative estimate of drug-likeness (QED) is 0.523.